The van der Waals surface area contributed by atoms with Gasteiger partial charge in [-0.05, 0) is 37.6 Å². The van der Waals surface area contributed by atoms with Crippen molar-refractivity contribution in [1.82, 2.24) is 4.72 Å². The molecule has 1 aromatic rings. The number of nitrogens with one attached hydrogen (secondary N) is 2. The minimum absolute atomic E-state index is 0.151. The molecule has 0 bridgehead atoms. The monoisotopic (exact) mass is 300 g/mol. The summed E-state index contributed by atoms with van der Waals surface area (Å²) in [5.41, 5.74) is -0.519. The van der Waals surface area contributed by atoms with Crippen LogP contribution in [-0.2, 0) is 14.8 Å². The lowest BCUT2D eigenvalue weighted by Gasteiger charge is -2.26. The number of hydrogen-bond donors (Lipinski definition) is 3. The number of aliphatic carboxylic acids is 1. The molecule has 0 aliphatic heterocycles. The van der Waals surface area contributed by atoms with Crippen LogP contribution in [0.3, 0.4) is 0 Å². The molecule has 1 aromatic carbocycles. The zero-order valence-corrected chi connectivity index (χ0v) is 12.6. The van der Waals surface area contributed by atoms with Crippen LogP contribution in [0, 0.1) is 0 Å². The standard InChI is InChI=1S/C13H20N2O4S/c1-4-13(3,12(16)17)15-10-6-8-11(9-7-10)20(18,19)14-5-2/h6-9,14-15H,4-5H2,1-3H3,(H,16,17). The zero-order valence-electron chi connectivity index (χ0n) is 11.8. The van der Waals surface area contributed by atoms with E-state index in [1.54, 1.807) is 32.9 Å². The Bertz CT molecular complexity index is 569. The number of carbonyl (C=O) groups is 1. The molecule has 6 nitrogen and oxygen atoms in total. The molecule has 20 heavy (non-hydrogen) atoms. The molecule has 0 aliphatic carbocycles. The van der Waals surface area contributed by atoms with Gasteiger partial charge in [0, 0.05) is 12.2 Å². The molecule has 0 aliphatic rings. The van der Waals surface area contributed by atoms with Gasteiger partial charge < -0.3 is 10.4 Å². The first kappa shape index (κ1) is 16.5. The highest BCUT2D eigenvalue weighted by Gasteiger charge is 2.30. The van der Waals surface area contributed by atoms with Gasteiger partial charge in [0.2, 0.25) is 10.0 Å². The molecule has 0 aromatic heterocycles. The van der Waals surface area contributed by atoms with Gasteiger partial charge in [0.1, 0.15) is 5.54 Å². The maximum Gasteiger partial charge on any atom is 0.329 e. The lowest BCUT2D eigenvalue weighted by Crippen LogP contribution is -2.42. The second-order valence-electron chi connectivity index (χ2n) is 4.64. The van der Waals surface area contributed by atoms with E-state index in [0.29, 0.717) is 18.7 Å². The van der Waals surface area contributed by atoms with Crippen molar-refractivity contribution in [3.8, 4) is 0 Å². The van der Waals surface area contributed by atoms with Gasteiger partial charge in [-0.25, -0.2) is 17.9 Å². The summed E-state index contributed by atoms with van der Waals surface area (Å²) in [6.07, 6.45) is 0.403. The van der Waals surface area contributed by atoms with E-state index >= 15 is 0 Å². The molecule has 112 valence electrons. The molecule has 0 amide bonds. The normalized spacial score (nSPS) is 14.6. The van der Waals surface area contributed by atoms with Crippen LogP contribution >= 0.6 is 0 Å². The summed E-state index contributed by atoms with van der Waals surface area (Å²) in [4.78, 5) is 11.4. The first-order chi connectivity index (χ1) is 9.25. The third-order valence-electron chi connectivity index (χ3n) is 3.10. The van der Waals surface area contributed by atoms with Crippen molar-refractivity contribution < 1.29 is 18.3 Å². The van der Waals surface area contributed by atoms with Crippen LogP contribution in [0.15, 0.2) is 29.2 Å². The summed E-state index contributed by atoms with van der Waals surface area (Å²) in [6, 6.07) is 6.00. The molecule has 1 rings (SSSR count). The molecule has 0 heterocycles. The Hall–Kier alpha value is -1.60. The van der Waals surface area contributed by atoms with Crippen LogP contribution in [0.2, 0.25) is 0 Å². The van der Waals surface area contributed by atoms with Crippen molar-refractivity contribution in [3.63, 3.8) is 0 Å². The number of anilines is 1. The Morgan fingerprint density at radius 2 is 1.80 bits per heavy atom. The molecule has 3 N–H and O–H groups in total. The summed E-state index contributed by atoms with van der Waals surface area (Å²) in [5, 5.41) is 12.1. The molecular formula is C13H20N2O4S. The number of hydrogen-bond acceptors (Lipinski definition) is 4. The lowest BCUT2D eigenvalue weighted by molar-refractivity contribution is -0.141. The average Bonchev–Trinajstić information content (AvgIpc) is 2.39. The fourth-order valence-electron chi connectivity index (χ4n) is 1.60. The maximum atomic E-state index is 11.8. The van der Waals surface area contributed by atoms with Crippen molar-refractivity contribution >= 4 is 21.7 Å². The van der Waals surface area contributed by atoms with Gasteiger partial charge in [-0.3, -0.25) is 0 Å². The van der Waals surface area contributed by atoms with Gasteiger partial charge in [0.15, 0.2) is 0 Å². The quantitative estimate of drug-likeness (QED) is 0.711. The zero-order chi connectivity index (χ0) is 15.4. The van der Waals surface area contributed by atoms with E-state index in [9.17, 15) is 18.3 Å². The van der Waals surface area contributed by atoms with Crippen LogP contribution in [0.25, 0.3) is 0 Å². The number of benzene rings is 1. The number of rotatable bonds is 7. The minimum Gasteiger partial charge on any atom is -0.480 e. The molecule has 7 heteroatoms. The van der Waals surface area contributed by atoms with Gasteiger partial charge >= 0.3 is 5.97 Å². The van der Waals surface area contributed by atoms with Crippen molar-refractivity contribution in [2.45, 2.75) is 37.6 Å². The second-order valence-corrected chi connectivity index (χ2v) is 6.41. The van der Waals surface area contributed by atoms with Crippen molar-refractivity contribution in [2.24, 2.45) is 0 Å². The second kappa shape index (κ2) is 6.23. The predicted octanol–water partition coefficient (Wildman–Crippen LogP) is 1.65. The molecule has 0 saturated heterocycles. The Labute approximate surface area is 119 Å². The van der Waals surface area contributed by atoms with Crippen LogP contribution in [-0.4, -0.2) is 31.6 Å². The van der Waals surface area contributed by atoms with Gasteiger partial charge in [0.25, 0.3) is 0 Å². The highest BCUT2D eigenvalue weighted by atomic mass is 32.2. The average molecular weight is 300 g/mol. The fraction of sp³-hybridized carbons (Fsp3) is 0.462. The number of carboxylic acids is 1. The molecule has 0 fully saturated rings. The summed E-state index contributed by atoms with van der Waals surface area (Å²) in [6.45, 7) is 5.37. The van der Waals surface area contributed by atoms with Gasteiger partial charge in [-0.1, -0.05) is 13.8 Å². The minimum atomic E-state index is -3.49. The first-order valence-corrected chi connectivity index (χ1v) is 7.85. The smallest absolute Gasteiger partial charge is 0.329 e. The summed E-state index contributed by atoms with van der Waals surface area (Å²) < 4.78 is 25.9. The van der Waals surface area contributed by atoms with Crippen molar-refractivity contribution in [1.29, 1.82) is 0 Å². The van der Waals surface area contributed by atoms with E-state index in [2.05, 4.69) is 10.0 Å². The van der Waals surface area contributed by atoms with Crippen LogP contribution in [0.5, 0.6) is 0 Å². The largest absolute Gasteiger partial charge is 0.480 e. The fourth-order valence-corrected chi connectivity index (χ4v) is 2.64. The maximum absolute atomic E-state index is 11.8. The molecule has 0 radical (unpaired) electrons. The third-order valence-corrected chi connectivity index (χ3v) is 4.66. The SMILES string of the molecule is CCNS(=O)(=O)c1ccc(NC(C)(CC)C(=O)O)cc1. The Morgan fingerprint density at radius 1 is 1.25 bits per heavy atom. The lowest BCUT2D eigenvalue weighted by atomic mass is 9.99. The van der Waals surface area contributed by atoms with Crippen LogP contribution in [0.4, 0.5) is 5.69 Å². The number of carboxylic acid groups (broad SMARTS) is 1. The predicted molar refractivity (Wildman–Crippen MR) is 77.3 cm³/mol. The van der Waals surface area contributed by atoms with Gasteiger partial charge in [-0.2, -0.15) is 0 Å². The third kappa shape index (κ3) is 3.71. The van der Waals surface area contributed by atoms with Crippen molar-refractivity contribution in [3.05, 3.63) is 24.3 Å². The highest BCUT2D eigenvalue weighted by molar-refractivity contribution is 7.89. The molecule has 1 unspecified atom stereocenters. The molecule has 0 spiro atoms. The van der Waals surface area contributed by atoms with E-state index in [-0.39, 0.29) is 4.90 Å². The van der Waals surface area contributed by atoms with E-state index in [4.69, 9.17) is 0 Å². The van der Waals surface area contributed by atoms with Gasteiger partial charge in [-0.15, -0.1) is 0 Å². The summed E-state index contributed by atoms with van der Waals surface area (Å²) in [5.74, 6) is -0.954. The Kier molecular flexibility index (Phi) is 5.13. The molecular weight excluding hydrogens is 280 g/mol. The molecule has 0 saturated carbocycles. The number of sulfonamides is 1. The van der Waals surface area contributed by atoms with Crippen molar-refractivity contribution in [2.75, 3.05) is 11.9 Å². The summed E-state index contributed by atoms with van der Waals surface area (Å²) in [7, 11) is -3.49. The van der Waals surface area contributed by atoms with Crippen LogP contribution in [0.1, 0.15) is 27.2 Å². The van der Waals surface area contributed by atoms with Crippen LogP contribution < -0.4 is 10.0 Å². The highest BCUT2D eigenvalue weighted by Crippen LogP contribution is 2.20. The van der Waals surface area contributed by atoms with E-state index < -0.39 is 21.5 Å². The van der Waals surface area contributed by atoms with E-state index in [0.717, 1.165) is 0 Å². The van der Waals surface area contributed by atoms with Gasteiger partial charge in [0.05, 0.1) is 4.90 Å². The summed E-state index contributed by atoms with van der Waals surface area (Å²) >= 11 is 0. The van der Waals surface area contributed by atoms with E-state index in [1.807, 2.05) is 0 Å². The van der Waals surface area contributed by atoms with E-state index in [1.165, 1.54) is 12.1 Å². The first-order valence-electron chi connectivity index (χ1n) is 6.36. The topological polar surface area (TPSA) is 95.5 Å². The Balaban J connectivity index is 2.95. The molecule has 1 atom stereocenters. The Morgan fingerprint density at radius 3 is 2.20 bits per heavy atom.